The molecule has 36 heavy (non-hydrogen) atoms. The van der Waals surface area contributed by atoms with Gasteiger partial charge < -0.3 is 4.74 Å². The molecule has 0 unspecified atom stereocenters. The van der Waals surface area contributed by atoms with Crippen LogP contribution in [0.15, 0.2) is 88.2 Å². The van der Waals surface area contributed by atoms with Gasteiger partial charge in [0, 0.05) is 10.6 Å². The predicted octanol–water partition coefficient (Wildman–Crippen LogP) is 8.21. The molecule has 180 valence electrons. The number of thioether (sulfide) groups is 1. The molecular weight excluding hydrogens is 565 g/mol. The first-order valence-corrected chi connectivity index (χ1v) is 13.0. The van der Waals surface area contributed by atoms with Crippen molar-refractivity contribution < 1.29 is 18.7 Å². The highest BCUT2D eigenvalue weighted by Crippen LogP contribution is 2.36. The summed E-state index contributed by atoms with van der Waals surface area (Å²) in [5, 5.41) is 1.99. The minimum absolute atomic E-state index is 0.109. The van der Waals surface area contributed by atoms with E-state index in [-0.39, 0.29) is 22.0 Å². The number of fused-ring (bicyclic) bond motifs is 1. The van der Waals surface area contributed by atoms with Crippen molar-refractivity contribution in [2.75, 3.05) is 0 Å². The van der Waals surface area contributed by atoms with E-state index in [1.54, 1.807) is 6.08 Å². The van der Waals surface area contributed by atoms with Crippen LogP contribution in [0.3, 0.4) is 0 Å². The molecule has 5 rings (SSSR count). The molecule has 1 heterocycles. The molecular formula is C28H18BrClFNO3S. The zero-order chi connectivity index (χ0) is 25.2. The molecule has 0 N–H and O–H groups in total. The van der Waals surface area contributed by atoms with Gasteiger partial charge in [-0.2, -0.15) is 0 Å². The molecule has 0 spiro atoms. The van der Waals surface area contributed by atoms with Crippen LogP contribution < -0.4 is 4.74 Å². The number of ether oxygens (including phenoxy) is 1. The molecule has 4 nitrogen and oxygen atoms in total. The second-order valence-electron chi connectivity index (χ2n) is 8.08. The molecule has 8 heteroatoms. The van der Waals surface area contributed by atoms with Crippen molar-refractivity contribution in [3.63, 3.8) is 0 Å². The first-order valence-electron chi connectivity index (χ1n) is 11.0. The SMILES string of the molecule is O=C1S/C(=C\c2ccc(OCc3cccc4ccccc34)c(Br)c2)C(=O)N1Cc1c(F)cccc1Cl. The molecule has 1 aliphatic heterocycles. The Hall–Kier alpha value is -3.13. The Morgan fingerprint density at radius 1 is 1.00 bits per heavy atom. The van der Waals surface area contributed by atoms with E-state index in [2.05, 4.69) is 34.1 Å². The summed E-state index contributed by atoms with van der Waals surface area (Å²) in [6.45, 7) is 0.176. The summed E-state index contributed by atoms with van der Waals surface area (Å²) in [7, 11) is 0. The Morgan fingerprint density at radius 2 is 1.78 bits per heavy atom. The summed E-state index contributed by atoms with van der Waals surface area (Å²) in [4.78, 5) is 26.6. The third-order valence-corrected chi connectivity index (χ3v) is 7.65. The molecule has 0 saturated carbocycles. The first-order chi connectivity index (χ1) is 17.4. The lowest BCUT2D eigenvalue weighted by atomic mass is 10.1. The van der Waals surface area contributed by atoms with Crippen LogP contribution in [0.1, 0.15) is 16.7 Å². The van der Waals surface area contributed by atoms with Crippen LogP contribution >= 0.6 is 39.3 Å². The molecule has 1 fully saturated rings. The minimum atomic E-state index is -0.562. The molecule has 0 bridgehead atoms. The standard InChI is InChI=1S/C28H18BrClFNO3S/c29-22-13-17(11-12-25(22)35-16-19-7-3-6-18-5-1-2-8-20(18)19)14-26-27(33)32(28(34)36-26)15-21-23(30)9-4-10-24(21)31/h1-14H,15-16H2/b26-14-. The number of rotatable bonds is 6. The Labute approximate surface area is 224 Å². The second-order valence-corrected chi connectivity index (χ2v) is 10.3. The van der Waals surface area contributed by atoms with Gasteiger partial charge in [0.15, 0.2) is 0 Å². The van der Waals surface area contributed by atoms with Crippen LogP contribution in [0.2, 0.25) is 5.02 Å². The first kappa shape index (κ1) is 24.6. The average molecular weight is 583 g/mol. The summed E-state index contributed by atoms with van der Waals surface area (Å²) < 4.78 is 20.9. The Bertz CT molecular complexity index is 1520. The minimum Gasteiger partial charge on any atom is -0.488 e. The lowest BCUT2D eigenvalue weighted by Crippen LogP contribution is -2.28. The van der Waals surface area contributed by atoms with Gasteiger partial charge in [-0.05, 0) is 79.9 Å². The van der Waals surface area contributed by atoms with Crippen LogP contribution in [-0.2, 0) is 17.9 Å². The van der Waals surface area contributed by atoms with Crippen molar-refractivity contribution in [1.29, 1.82) is 0 Å². The van der Waals surface area contributed by atoms with Gasteiger partial charge in [0.25, 0.3) is 11.1 Å². The maximum Gasteiger partial charge on any atom is 0.293 e. The van der Waals surface area contributed by atoms with Gasteiger partial charge in [-0.15, -0.1) is 0 Å². The van der Waals surface area contributed by atoms with E-state index in [9.17, 15) is 14.0 Å². The fraction of sp³-hybridized carbons (Fsp3) is 0.0714. The number of halogens is 3. The molecule has 1 aliphatic rings. The Morgan fingerprint density at radius 3 is 2.58 bits per heavy atom. The van der Waals surface area contributed by atoms with Crippen LogP contribution in [0.25, 0.3) is 16.8 Å². The van der Waals surface area contributed by atoms with Crippen molar-refractivity contribution in [1.82, 2.24) is 4.90 Å². The van der Waals surface area contributed by atoms with E-state index < -0.39 is 17.0 Å². The van der Waals surface area contributed by atoms with Crippen LogP contribution in [0, 0.1) is 5.82 Å². The van der Waals surface area contributed by atoms with E-state index in [1.807, 2.05) is 42.5 Å². The average Bonchev–Trinajstić information content (AvgIpc) is 3.13. The van der Waals surface area contributed by atoms with Crippen molar-refractivity contribution >= 4 is 67.3 Å². The molecule has 0 aromatic heterocycles. The van der Waals surface area contributed by atoms with Crippen molar-refractivity contribution in [3.05, 3.63) is 116 Å². The normalized spacial score (nSPS) is 14.8. The smallest absolute Gasteiger partial charge is 0.293 e. The van der Waals surface area contributed by atoms with Crippen molar-refractivity contribution in [3.8, 4) is 5.75 Å². The fourth-order valence-electron chi connectivity index (χ4n) is 3.93. The predicted molar refractivity (Wildman–Crippen MR) is 145 cm³/mol. The van der Waals surface area contributed by atoms with E-state index in [0.29, 0.717) is 22.4 Å². The van der Waals surface area contributed by atoms with Crippen LogP contribution in [-0.4, -0.2) is 16.0 Å². The highest BCUT2D eigenvalue weighted by Gasteiger charge is 2.35. The van der Waals surface area contributed by atoms with Crippen molar-refractivity contribution in [2.24, 2.45) is 0 Å². The largest absolute Gasteiger partial charge is 0.488 e. The quantitative estimate of drug-likeness (QED) is 0.215. The summed E-state index contributed by atoms with van der Waals surface area (Å²) in [6.07, 6.45) is 1.63. The topological polar surface area (TPSA) is 46.6 Å². The molecule has 4 aromatic carbocycles. The fourth-order valence-corrected chi connectivity index (χ4v) is 5.50. The van der Waals surface area contributed by atoms with Crippen LogP contribution in [0.4, 0.5) is 9.18 Å². The van der Waals surface area contributed by atoms with Gasteiger partial charge in [-0.1, -0.05) is 66.2 Å². The third-order valence-electron chi connectivity index (χ3n) is 5.77. The van der Waals surface area contributed by atoms with Gasteiger partial charge in [0.2, 0.25) is 0 Å². The van der Waals surface area contributed by atoms with E-state index >= 15 is 0 Å². The number of nitrogens with zero attached hydrogens (tertiary/aromatic N) is 1. The molecule has 2 amide bonds. The Kier molecular flexibility index (Phi) is 7.14. The number of amides is 2. The second kappa shape index (κ2) is 10.5. The lowest BCUT2D eigenvalue weighted by Gasteiger charge is -2.14. The van der Waals surface area contributed by atoms with E-state index in [1.165, 1.54) is 18.2 Å². The van der Waals surface area contributed by atoms with E-state index in [4.69, 9.17) is 16.3 Å². The van der Waals surface area contributed by atoms with Gasteiger partial charge >= 0.3 is 0 Å². The van der Waals surface area contributed by atoms with E-state index in [0.717, 1.165) is 33.0 Å². The highest BCUT2D eigenvalue weighted by atomic mass is 79.9. The molecule has 0 aliphatic carbocycles. The summed E-state index contributed by atoms with van der Waals surface area (Å²) in [5.41, 5.74) is 1.90. The van der Waals surface area contributed by atoms with Gasteiger partial charge in [-0.25, -0.2) is 4.39 Å². The number of carbonyl (C=O) groups excluding carboxylic acids is 2. The van der Waals surface area contributed by atoms with Crippen LogP contribution in [0.5, 0.6) is 5.75 Å². The maximum atomic E-state index is 14.2. The molecule has 0 atom stereocenters. The summed E-state index contributed by atoms with van der Waals surface area (Å²) in [6, 6.07) is 23.9. The lowest BCUT2D eigenvalue weighted by molar-refractivity contribution is -0.123. The highest BCUT2D eigenvalue weighted by molar-refractivity contribution is 9.10. The number of hydrogen-bond acceptors (Lipinski definition) is 4. The van der Waals surface area contributed by atoms with Gasteiger partial charge in [0.1, 0.15) is 18.2 Å². The molecule has 0 radical (unpaired) electrons. The molecule has 4 aromatic rings. The van der Waals surface area contributed by atoms with Gasteiger partial charge in [-0.3, -0.25) is 14.5 Å². The molecule has 1 saturated heterocycles. The summed E-state index contributed by atoms with van der Waals surface area (Å²) >= 11 is 10.4. The number of benzene rings is 4. The number of imide groups is 1. The maximum absolute atomic E-state index is 14.2. The third kappa shape index (κ3) is 5.05. The zero-order valence-corrected chi connectivity index (χ0v) is 21.9. The zero-order valence-electron chi connectivity index (χ0n) is 18.7. The number of hydrogen-bond donors (Lipinski definition) is 0. The van der Waals surface area contributed by atoms with Crippen molar-refractivity contribution in [2.45, 2.75) is 13.2 Å². The van der Waals surface area contributed by atoms with Gasteiger partial charge in [0.05, 0.1) is 15.9 Å². The summed E-state index contributed by atoms with van der Waals surface area (Å²) in [5.74, 6) is -0.396. The monoisotopic (exact) mass is 581 g/mol. The Balaban J connectivity index is 1.31. The number of carbonyl (C=O) groups is 2.